The van der Waals surface area contributed by atoms with Crippen LogP contribution in [0.15, 0.2) is 122 Å². The molecule has 0 aliphatic rings. The number of carbonyl (C=O) groups is 2. The average molecular weight is 829 g/mol. The molecule has 0 aliphatic carbocycles. The molecule has 338 valence electrons. The number of unbranched alkanes of at least 4 members (excludes halogenated alkanes) is 11. The van der Waals surface area contributed by atoms with Crippen LogP contribution in [0, 0.1) is 0 Å². The van der Waals surface area contributed by atoms with E-state index in [9.17, 15) is 9.59 Å². The van der Waals surface area contributed by atoms with Gasteiger partial charge < -0.3 is 14.2 Å². The normalized spacial score (nSPS) is 13.3. The third-order valence-corrected chi connectivity index (χ3v) is 9.51. The van der Waals surface area contributed by atoms with Gasteiger partial charge in [0.2, 0.25) is 0 Å². The van der Waals surface area contributed by atoms with Crippen molar-refractivity contribution in [1.82, 2.24) is 0 Å². The molecule has 0 aromatic rings. The highest BCUT2D eigenvalue weighted by Gasteiger charge is 2.17. The molecular weight excluding hydrogens is 741 g/mol. The first-order chi connectivity index (χ1) is 29.6. The van der Waals surface area contributed by atoms with Crippen LogP contribution in [0.2, 0.25) is 0 Å². The largest absolute Gasteiger partial charge is 0.462 e. The maximum atomic E-state index is 12.7. The first-order valence-corrected chi connectivity index (χ1v) is 24.1. The van der Waals surface area contributed by atoms with Crippen LogP contribution in [0.4, 0.5) is 0 Å². The van der Waals surface area contributed by atoms with Crippen LogP contribution in [-0.4, -0.2) is 37.9 Å². The average Bonchev–Trinajstić information content (AvgIpc) is 3.25. The standard InChI is InChI=1S/C55H88O5/c1-4-7-10-13-16-19-21-23-25-27-28-29-30-32-34-37-39-42-45-48-54(56)59-52-53(60-55(57)49-46-43-40-36-18-15-12-9-6-3)51-58-50-47-44-41-38-35-33-31-26-24-22-20-17-14-11-8-5-2/h7-8,10-11,16-17,19-20,23-26,28-29,32-35,39,42,53H,4-6,9,12-15,18,21-22,27,30-31,36-38,40-41,43-52H2,1-3H3/b10-7-,11-8-,19-16-,20-17-,25-23-,26-24-,29-28-,34-32-,35-33-,42-39-. The van der Waals surface area contributed by atoms with E-state index in [0.29, 0.717) is 25.9 Å². The molecule has 0 spiro atoms. The number of carbonyl (C=O) groups excluding carboxylic acids is 2. The summed E-state index contributed by atoms with van der Waals surface area (Å²) in [6.07, 6.45) is 69.3. The summed E-state index contributed by atoms with van der Waals surface area (Å²) in [5, 5.41) is 0. The van der Waals surface area contributed by atoms with Crippen molar-refractivity contribution in [3.05, 3.63) is 122 Å². The fraction of sp³-hybridized carbons (Fsp3) is 0.600. The number of hydrogen-bond acceptors (Lipinski definition) is 5. The highest BCUT2D eigenvalue weighted by atomic mass is 16.6. The quantitative estimate of drug-likeness (QED) is 0.0348. The van der Waals surface area contributed by atoms with Crippen LogP contribution in [0.1, 0.15) is 188 Å². The highest BCUT2D eigenvalue weighted by Crippen LogP contribution is 2.12. The van der Waals surface area contributed by atoms with Crippen molar-refractivity contribution in [3.63, 3.8) is 0 Å². The minimum absolute atomic E-state index is 0.0257. The molecule has 60 heavy (non-hydrogen) atoms. The van der Waals surface area contributed by atoms with Crippen molar-refractivity contribution in [2.75, 3.05) is 19.8 Å². The lowest BCUT2D eigenvalue weighted by atomic mass is 10.1. The van der Waals surface area contributed by atoms with Crippen molar-refractivity contribution in [2.45, 2.75) is 194 Å². The summed E-state index contributed by atoms with van der Waals surface area (Å²) in [5.41, 5.74) is 0. The van der Waals surface area contributed by atoms with E-state index in [2.05, 4.69) is 136 Å². The zero-order chi connectivity index (χ0) is 43.5. The van der Waals surface area contributed by atoms with Crippen LogP contribution in [0.25, 0.3) is 0 Å². The monoisotopic (exact) mass is 829 g/mol. The lowest BCUT2D eigenvalue weighted by molar-refractivity contribution is -0.162. The second-order valence-corrected chi connectivity index (χ2v) is 15.3. The molecule has 0 N–H and O–H groups in total. The Bertz CT molecular complexity index is 1260. The summed E-state index contributed by atoms with van der Waals surface area (Å²) < 4.78 is 17.2. The Balaban J connectivity index is 4.41. The Hall–Kier alpha value is -3.70. The molecule has 0 rings (SSSR count). The van der Waals surface area contributed by atoms with Crippen molar-refractivity contribution in [2.24, 2.45) is 0 Å². The molecule has 5 nitrogen and oxygen atoms in total. The smallest absolute Gasteiger partial charge is 0.306 e. The zero-order valence-corrected chi connectivity index (χ0v) is 38.7. The summed E-state index contributed by atoms with van der Waals surface area (Å²) in [5.74, 6) is -0.524. The van der Waals surface area contributed by atoms with E-state index in [1.807, 2.05) is 6.08 Å². The first kappa shape index (κ1) is 56.3. The molecule has 0 bridgehead atoms. The van der Waals surface area contributed by atoms with Gasteiger partial charge in [-0.15, -0.1) is 0 Å². The van der Waals surface area contributed by atoms with Crippen LogP contribution in [0.3, 0.4) is 0 Å². The first-order valence-electron chi connectivity index (χ1n) is 24.1. The van der Waals surface area contributed by atoms with Crippen molar-refractivity contribution in [3.8, 4) is 0 Å². The highest BCUT2D eigenvalue weighted by molar-refractivity contribution is 5.70. The van der Waals surface area contributed by atoms with Crippen molar-refractivity contribution >= 4 is 11.9 Å². The van der Waals surface area contributed by atoms with Gasteiger partial charge in [0.1, 0.15) is 6.61 Å². The number of esters is 2. The summed E-state index contributed by atoms with van der Waals surface area (Å²) in [7, 11) is 0. The van der Waals surface area contributed by atoms with Gasteiger partial charge in [0, 0.05) is 19.4 Å². The van der Waals surface area contributed by atoms with E-state index < -0.39 is 6.10 Å². The van der Waals surface area contributed by atoms with E-state index >= 15 is 0 Å². The van der Waals surface area contributed by atoms with Crippen LogP contribution >= 0.6 is 0 Å². The van der Waals surface area contributed by atoms with Gasteiger partial charge in [-0.25, -0.2) is 0 Å². The Labute approximate surface area is 369 Å². The van der Waals surface area contributed by atoms with Crippen molar-refractivity contribution < 1.29 is 23.8 Å². The molecule has 0 heterocycles. The molecular formula is C55H88O5. The molecule has 0 saturated heterocycles. The van der Waals surface area contributed by atoms with E-state index in [1.54, 1.807) is 0 Å². The van der Waals surface area contributed by atoms with E-state index in [4.69, 9.17) is 14.2 Å². The Morgan fingerprint density at radius 3 is 1.25 bits per heavy atom. The summed E-state index contributed by atoms with van der Waals surface area (Å²) in [4.78, 5) is 25.2. The van der Waals surface area contributed by atoms with Gasteiger partial charge in [-0.1, -0.05) is 200 Å². The van der Waals surface area contributed by atoms with Crippen molar-refractivity contribution in [1.29, 1.82) is 0 Å². The van der Waals surface area contributed by atoms with Crippen LogP contribution in [-0.2, 0) is 23.8 Å². The summed E-state index contributed by atoms with van der Waals surface area (Å²) in [6.45, 7) is 7.41. The molecule has 0 amide bonds. The number of hydrogen-bond donors (Lipinski definition) is 0. The minimum atomic E-state index is -0.588. The molecule has 1 unspecified atom stereocenters. The third-order valence-electron chi connectivity index (χ3n) is 9.51. The maximum Gasteiger partial charge on any atom is 0.306 e. The van der Waals surface area contributed by atoms with E-state index in [1.165, 1.54) is 38.5 Å². The Morgan fingerprint density at radius 1 is 0.383 bits per heavy atom. The minimum Gasteiger partial charge on any atom is -0.462 e. The summed E-state index contributed by atoms with van der Waals surface area (Å²) >= 11 is 0. The van der Waals surface area contributed by atoms with E-state index in [-0.39, 0.29) is 25.2 Å². The number of rotatable bonds is 42. The molecule has 0 fully saturated rings. The lowest BCUT2D eigenvalue weighted by Gasteiger charge is -2.18. The molecule has 1 atom stereocenters. The maximum absolute atomic E-state index is 12.7. The molecule has 0 aromatic heterocycles. The molecule has 5 heteroatoms. The molecule has 0 aromatic carbocycles. The predicted octanol–water partition coefficient (Wildman–Crippen LogP) is 16.2. The van der Waals surface area contributed by atoms with E-state index in [0.717, 1.165) is 109 Å². The van der Waals surface area contributed by atoms with Crippen LogP contribution in [0.5, 0.6) is 0 Å². The fourth-order valence-electron chi connectivity index (χ4n) is 6.00. The topological polar surface area (TPSA) is 61.8 Å². The molecule has 0 aliphatic heterocycles. The number of allylic oxidation sites excluding steroid dienone is 20. The summed E-state index contributed by atoms with van der Waals surface area (Å²) in [6, 6.07) is 0. The van der Waals surface area contributed by atoms with Gasteiger partial charge in [0.15, 0.2) is 6.10 Å². The van der Waals surface area contributed by atoms with Gasteiger partial charge in [0.05, 0.1) is 6.61 Å². The third kappa shape index (κ3) is 47.0. The zero-order valence-electron chi connectivity index (χ0n) is 38.7. The second-order valence-electron chi connectivity index (χ2n) is 15.3. The lowest BCUT2D eigenvalue weighted by Crippen LogP contribution is -2.30. The Kier molecular flexibility index (Phi) is 46.6. The van der Waals surface area contributed by atoms with Gasteiger partial charge in [-0.05, 0) is 96.3 Å². The van der Waals surface area contributed by atoms with Gasteiger partial charge in [-0.3, -0.25) is 9.59 Å². The van der Waals surface area contributed by atoms with Crippen LogP contribution < -0.4 is 0 Å². The van der Waals surface area contributed by atoms with Gasteiger partial charge >= 0.3 is 11.9 Å². The molecule has 0 radical (unpaired) electrons. The second kappa shape index (κ2) is 49.7. The SMILES string of the molecule is CC/C=C\C/C=C\C/C=C\C/C=C\C/C=C\C/C=C\CCC(=O)OCC(COCCCCC/C=C\C/C=C\C/C=C\C/C=C\CC)OC(=O)CCCCCCCCCCC. The van der Waals surface area contributed by atoms with Gasteiger partial charge in [-0.2, -0.15) is 0 Å². The molecule has 0 saturated carbocycles. The Morgan fingerprint density at radius 2 is 0.783 bits per heavy atom. The fourth-order valence-corrected chi connectivity index (χ4v) is 6.00. The predicted molar refractivity (Wildman–Crippen MR) is 260 cm³/mol. The number of ether oxygens (including phenoxy) is 3. The van der Waals surface area contributed by atoms with Gasteiger partial charge in [0.25, 0.3) is 0 Å².